The van der Waals surface area contributed by atoms with E-state index in [-0.39, 0.29) is 5.91 Å². The number of halogens is 1. The molecule has 1 atom stereocenters. The third kappa shape index (κ3) is 4.71. The molecule has 0 spiro atoms. The van der Waals surface area contributed by atoms with Crippen molar-refractivity contribution in [1.29, 1.82) is 0 Å². The number of anilines is 1. The number of amides is 1. The van der Waals surface area contributed by atoms with Crippen LogP contribution in [-0.4, -0.2) is 19.1 Å². The molecule has 1 N–H and O–H groups in total. The van der Waals surface area contributed by atoms with E-state index in [1.807, 2.05) is 43.3 Å². The van der Waals surface area contributed by atoms with Crippen LogP contribution in [-0.2, 0) is 16.1 Å². The van der Waals surface area contributed by atoms with Crippen LogP contribution in [0, 0.1) is 6.92 Å². The number of rotatable bonds is 6. The first-order valence-electron chi connectivity index (χ1n) is 7.31. The number of ether oxygens (including phenoxy) is 2. The van der Waals surface area contributed by atoms with Crippen molar-refractivity contribution in [2.45, 2.75) is 26.6 Å². The van der Waals surface area contributed by atoms with Gasteiger partial charge in [-0.05, 0) is 43.2 Å². The third-order valence-electron chi connectivity index (χ3n) is 3.47. The lowest BCUT2D eigenvalue weighted by atomic mass is 10.2. The van der Waals surface area contributed by atoms with Crippen molar-refractivity contribution in [3.05, 3.63) is 58.6 Å². The van der Waals surface area contributed by atoms with Crippen molar-refractivity contribution in [3.63, 3.8) is 0 Å². The Balaban J connectivity index is 1.95. The van der Waals surface area contributed by atoms with Gasteiger partial charge in [0.1, 0.15) is 11.9 Å². The highest BCUT2D eigenvalue weighted by Gasteiger charge is 2.16. The minimum absolute atomic E-state index is 0.232. The third-order valence-corrected chi connectivity index (χ3v) is 3.79. The van der Waals surface area contributed by atoms with Gasteiger partial charge in [-0.15, -0.1) is 0 Å². The van der Waals surface area contributed by atoms with Crippen molar-refractivity contribution in [2.24, 2.45) is 0 Å². The Kier molecular flexibility index (Phi) is 6.02. The summed E-state index contributed by atoms with van der Waals surface area (Å²) in [4.78, 5) is 12.2. The van der Waals surface area contributed by atoms with Gasteiger partial charge in [0.2, 0.25) is 0 Å². The van der Waals surface area contributed by atoms with Crippen molar-refractivity contribution >= 4 is 23.2 Å². The Hall–Kier alpha value is -2.04. The standard InChI is InChI=1S/C18H20ClNO3/c1-12-6-4-9-16(19)17(12)20-18(21)13(2)23-11-14-7-5-8-15(10-14)22-3/h4-10,13H,11H2,1-3H3,(H,20,21)/t13-/m0/s1. The molecule has 0 aliphatic carbocycles. The van der Waals surface area contributed by atoms with Crippen molar-refractivity contribution < 1.29 is 14.3 Å². The lowest BCUT2D eigenvalue weighted by Gasteiger charge is -2.16. The van der Waals surface area contributed by atoms with E-state index in [0.29, 0.717) is 17.3 Å². The van der Waals surface area contributed by atoms with Gasteiger partial charge >= 0.3 is 0 Å². The van der Waals surface area contributed by atoms with E-state index in [0.717, 1.165) is 16.9 Å². The fraction of sp³-hybridized carbons (Fsp3) is 0.278. The summed E-state index contributed by atoms with van der Waals surface area (Å²) in [5.41, 5.74) is 2.47. The van der Waals surface area contributed by atoms with Crippen LogP contribution >= 0.6 is 11.6 Å². The van der Waals surface area contributed by atoms with E-state index in [2.05, 4.69) is 5.32 Å². The number of methoxy groups -OCH3 is 1. The lowest BCUT2D eigenvalue weighted by Crippen LogP contribution is -2.28. The monoisotopic (exact) mass is 333 g/mol. The molecule has 0 aromatic heterocycles. The summed E-state index contributed by atoms with van der Waals surface area (Å²) in [6.45, 7) is 3.93. The summed E-state index contributed by atoms with van der Waals surface area (Å²) in [7, 11) is 1.61. The summed E-state index contributed by atoms with van der Waals surface area (Å²) >= 11 is 6.12. The number of hydrogen-bond donors (Lipinski definition) is 1. The Morgan fingerprint density at radius 1 is 1.26 bits per heavy atom. The van der Waals surface area contributed by atoms with Gasteiger partial charge in [-0.3, -0.25) is 4.79 Å². The summed E-state index contributed by atoms with van der Waals surface area (Å²) < 4.78 is 10.8. The second kappa shape index (κ2) is 7.99. The Labute approximate surface area is 141 Å². The van der Waals surface area contributed by atoms with Gasteiger partial charge in [-0.1, -0.05) is 35.9 Å². The summed E-state index contributed by atoms with van der Waals surface area (Å²) in [6, 6.07) is 13.0. The van der Waals surface area contributed by atoms with Crippen LogP contribution in [0.4, 0.5) is 5.69 Å². The Bertz CT molecular complexity index is 667. The van der Waals surface area contributed by atoms with Gasteiger partial charge in [0.25, 0.3) is 5.91 Å². The van der Waals surface area contributed by atoms with Crippen LogP contribution in [0.3, 0.4) is 0 Å². The number of hydrogen-bond acceptors (Lipinski definition) is 3. The number of carbonyl (C=O) groups excluding carboxylic acids is 1. The van der Waals surface area contributed by atoms with Crippen LogP contribution in [0.5, 0.6) is 5.75 Å². The molecule has 0 heterocycles. The van der Waals surface area contributed by atoms with Crippen LogP contribution in [0.25, 0.3) is 0 Å². The molecule has 0 saturated heterocycles. The fourth-order valence-corrected chi connectivity index (χ4v) is 2.34. The molecule has 0 bridgehead atoms. The lowest BCUT2D eigenvalue weighted by molar-refractivity contribution is -0.127. The number of aryl methyl sites for hydroxylation is 1. The zero-order chi connectivity index (χ0) is 16.8. The molecule has 122 valence electrons. The van der Waals surface area contributed by atoms with Gasteiger partial charge in [-0.2, -0.15) is 0 Å². The summed E-state index contributed by atoms with van der Waals surface area (Å²) in [5.74, 6) is 0.527. The first-order chi connectivity index (χ1) is 11.0. The van der Waals surface area contributed by atoms with Crippen molar-refractivity contribution in [1.82, 2.24) is 0 Å². The fourth-order valence-electron chi connectivity index (χ4n) is 2.07. The Morgan fingerprint density at radius 3 is 2.70 bits per heavy atom. The topological polar surface area (TPSA) is 47.6 Å². The van der Waals surface area contributed by atoms with E-state index in [9.17, 15) is 4.79 Å². The Morgan fingerprint density at radius 2 is 2.00 bits per heavy atom. The number of para-hydroxylation sites is 1. The second-order valence-electron chi connectivity index (χ2n) is 5.23. The van der Waals surface area contributed by atoms with E-state index in [4.69, 9.17) is 21.1 Å². The first-order valence-corrected chi connectivity index (χ1v) is 7.69. The molecule has 23 heavy (non-hydrogen) atoms. The smallest absolute Gasteiger partial charge is 0.253 e. The SMILES string of the molecule is COc1cccc(CO[C@@H](C)C(=O)Nc2c(C)cccc2Cl)c1. The molecule has 2 aromatic rings. The molecule has 0 unspecified atom stereocenters. The van der Waals surface area contributed by atoms with Crippen molar-refractivity contribution in [3.8, 4) is 5.75 Å². The van der Waals surface area contributed by atoms with Gasteiger partial charge in [-0.25, -0.2) is 0 Å². The predicted octanol–water partition coefficient (Wildman–Crippen LogP) is 4.20. The normalized spacial score (nSPS) is 11.8. The molecule has 0 aliphatic rings. The van der Waals surface area contributed by atoms with Crippen molar-refractivity contribution in [2.75, 3.05) is 12.4 Å². The molecule has 4 nitrogen and oxygen atoms in total. The summed E-state index contributed by atoms with van der Waals surface area (Å²) in [5, 5.41) is 3.33. The number of benzene rings is 2. The molecule has 1 amide bonds. The number of carbonyl (C=O) groups is 1. The molecule has 2 aromatic carbocycles. The van der Waals surface area contributed by atoms with E-state index < -0.39 is 6.10 Å². The van der Waals surface area contributed by atoms with Crippen LogP contribution in [0.15, 0.2) is 42.5 Å². The molecule has 0 fully saturated rings. The van der Waals surface area contributed by atoms with E-state index in [1.165, 1.54) is 0 Å². The quantitative estimate of drug-likeness (QED) is 0.861. The molecule has 2 rings (SSSR count). The van der Waals surface area contributed by atoms with Gasteiger partial charge in [0.15, 0.2) is 0 Å². The van der Waals surface area contributed by atoms with Gasteiger partial charge in [0.05, 0.1) is 24.4 Å². The molecule has 5 heteroatoms. The van der Waals surface area contributed by atoms with Crippen LogP contribution in [0.1, 0.15) is 18.1 Å². The molecule has 0 aliphatic heterocycles. The maximum atomic E-state index is 12.2. The highest BCUT2D eigenvalue weighted by atomic mass is 35.5. The molecular formula is C18H20ClNO3. The average Bonchev–Trinajstić information content (AvgIpc) is 2.56. The van der Waals surface area contributed by atoms with E-state index in [1.54, 1.807) is 20.1 Å². The van der Waals surface area contributed by atoms with Gasteiger partial charge < -0.3 is 14.8 Å². The first kappa shape index (κ1) is 17.3. The van der Waals surface area contributed by atoms with Gasteiger partial charge in [0, 0.05) is 0 Å². The zero-order valence-corrected chi connectivity index (χ0v) is 14.2. The molecule has 0 saturated carbocycles. The predicted molar refractivity (Wildman–Crippen MR) is 92.1 cm³/mol. The highest BCUT2D eigenvalue weighted by molar-refractivity contribution is 6.34. The minimum atomic E-state index is -0.600. The molecular weight excluding hydrogens is 314 g/mol. The maximum Gasteiger partial charge on any atom is 0.253 e. The number of nitrogens with one attached hydrogen (secondary N) is 1. The van der Waals surface area contributed by atoms with Crippen LogP contribution in [0.2, 0.25) is 5.02 Å². The molecule has 0 radical (unpaired) electrons. The minimum Gasteiger partial charge on any atom is -0.497 e. The maximum absolute atomic E-state index is 12.2. The zero-order valence-electron chi connectivity index (χ0n) is 13.4. The largest absolute Gasteiger partial charge is 0.497 e. The highest BCUT2D eigenvalue weighted by Crippen LogP contribution is 2.25. The second-order valence-corrected chi connectivity index (χ2v) is 5.63. The van der Waals surface area contributed by atoms with Crippen LogP contribution < -0.4 is 10.1 Å². The average molecular weight is 334 g/mol. The summed E-state index contributed by atoms with van der Waals surface area (Å²) in [6.07, 6.45) is -0.600. The van der Waals surface area contributed by atoms with E-state index >= 15 is 0 Å².